The molecule has 3 rings (SSSR count). The van der Waals surface area contributed by atoms with Gasteiger partial charge in [-0.05, 0) is 19.1 Å². The van der Waals surface area contributed by atoms with E-state index >= 15 is 0 Å². The van der Waals surface area contributed by atoms with Crippen LogP contribution in [-0.2, 0) is 6.54 Å². The highest BCUT2D eigenvalue weighted by Gasteiger charge is 2.17. The first-order valence-corrected chi connectivity index (χ1v) is 5.83. The number of fused-ring (bicyclic) bond motifs is 1. The zero-order chi connectivity index (χ0) is 11.7. The molecule has 96 valence electrons. The maximum absolute atomic E-state index is 5.27. The normalized spacial score (nSPS) is 13.5. The van der Waals surface area contributed by atoms with Gasteiger partial charge in [-0.2, -0.15) is 0 Å². The maximum Gasteiger partial charge on any atom is 0.156 e. The first-order chi connectivity index (χ1) is 8.33. The number of hydrogen-bond acceptors (Lipinski definition) is 4. The number of hydrogen-bond donors (Lipinski definition) is 1. The third-order valence-corrected chi connectivity index (χ3v) is 2.97. The summed E-state index contributed by atoms with van der Waals surface area (Å²) >= 11 is 0. The number of aryl methyl sites for hydroxylation is 1. The molecule has 1 aromatic carbocycles. The molecule has 2 aromatic rings. The van der Waals surface area contributed by atoms with Gasteiger partial charge in [-0.1, -0.05) is 17.3 Å². The molecule has 0 aliphatic carbocycles. The molecule has 2 heterocycles. The summed E-state index contributed by atoms with van der Waals surface area (Å²) in [7, 11) is 0. The molecule has 0 fully saturated rings. The molecule has 0 amide bonds. The molecule has 0 bridgehead atoms. The predicted octanol–water partition coefficient (Wildman–Crippen LogP) is 2.84. The number of benzene rings is 1. The smallest absolute Gasteiger partial charge is 0.156 e. The molecule has 1 aromatic heterocycles. The van der Waals surface area contributed by atoms with Crippen LogP contribution in [0.2, 0.25) is 0 Å². The van der Waals surface area contributed by atoms with Gasteiger partial charge in [-0.15, -0.1) is 12.4 Å². The molecule has 0 saturated carbocycles. The van der Waals surface area contributed by atoms with E-state index in [1.54, 1.807) is 0 Å². The van der Waals surface area contributed by atoms with Gasteiger partial charge in [0.25, 0.3) is 0 Å². The van der Waals surface area contributed by atoms with Gasteiger partial charge >= 0.3 is 0 Å². The number of aromatic nitrogens is 1. The lowest BCUT2D eigenvalue weighted by molar-refractivity contribution is 0.377. The highest BCUT2D eigenvalue weighted by atomic mass is 35.5. The summed E-state index contributed by atoms with van der Waals surface area (Å²) in [4.78, 5) is 2.31. The van der Waals surface area contributed by atoms with E-state index in [1.165, 1.54) is 11.4 Å². The van der Waals surface area contributed by atoms with Gasteiger partial charge in [0.05, 0.1) is 23.6 Å². The van der Waals surface area contributed by atoms with Crippen molar-refractivity contribution in [2.45, 2.75) is 13.5 Å². The highest BCUT2D eigenvalue weighted by Crippen LogP contribution is 2.29. The summed E-state index contributed by atoms with van der Waals surface area (Å²) in [5, 5.41) is 7.32. The van der Waals surface area contributed by atoms with Gasteiger partial charge in [0, 0.05) is 19.2 Å². The largest absolute Gasteiger partial charge is 0.382 e. The van der Waals surface area contributed by atoms with Gasteiger partial charge in [-0.25, -0.2) is 0 Å². The van der Waals surface area contributed by atoms with Crippen LogP contribution in [0.4, 0.5) is 11.4 Å². The van der Waals surface area contributed by atoms with Gasteiger partial charge in [-0.3, -0.25) is 0 Å². The van der Waals surface area contributed by atoms with E-state index in [0.717, 1.165) is 31.1 Å². The number of rotatable bonds is 2. The zero-order valence-corrected chi connectivity index (χ0v) is 11.0. The second kappa shape index (κ2) is 5.31. The van der Waals surface area contributed by atoms with Crippen molar-refractivity contribution in [2.75, 3.05) is 23.3 Å². The molecule has 1 aliphatic rings. The van der Waals surface area contributed by atoms with Crippen molar-refractivity contribution in [3.63, 3.8) is 0 Å². The average molecular weight is 266 g/mol. The summed E-state index contributed by atoms with van der Waals surface area (Å²) in [5.74, 6) is 0.916. The summed E-state index contributed by atoms with van der Waals surface area (Å²) in [6.45, 7) is 4.67. The van der Waals surface area contributed by atoms with Crippen molar-refractivity contribution >= 4 is 23.8 Å². The Hall–Kier alpha value is -1.68. The minimum atomic E-state index is 0. The zero-order valence-electron chi connectivity index (χ0n) is 10.2. The van der Waals surface area contributed by atoms with Crippen LogP contribution in [0.25, 0.3) is 0 Å². The van der Waals surface area contributed by atoms with Crippen LogP contribution in [0, 0.1) is 6.92 Å². The fourth-order valence-corrected chi connectivity index (χ4v) is 2.19. The molecule has 0 atom stereocenters. The first kappa shape index (κ1) is 12.8. The lowest BCUT2D eigenvalue weighted by Gasteiger charge is -2.31. The van der Waals surface area contributed by atoms with Crippen molar-refractivity contribution in [1.29, 1.82) is 0 Å². The number of halogens is 1. The van der Waals surface area contributed by atoms with Crippen molar-refractivity contribution in [3.8, 4) is 0 Å². The number of nitrogens with zero attached hydrogens (tertiary/aromatic N) is 2. The van der Waals surface area contributed by atoms with E-state index in [9.17, 15) is 0 Å². The summed E-state index contributed by atoms with van der Waals surface area (Å²) < 4.78 is 5.27. The maximum atomic E-state index is 5.27. The average Bonchev–Trinajstić information content (AvgIpc) is 2.75. The summed E-state index contributed by atoms with van der Waals surface area (Å²) in [5.41, 5.74) is 3.35. The Morgan fingerprint density at radius 2 is 2.22 bits per heavy atom. The second-order valence-electron chi connectivity index (χ2n) is 4.30. The molecular formula is C13H16ClN3O. The van der Waals surface area contributed by atoms with Crippen molar-refractivity contribution in [1.82, 2.24) is 5.16 Å². The lowest BCUT2D eigenvalue weighted by Crippen LogP contribution is -2.33. The van der Waals surface area contributed by atoms with E-state index in [-0.39, 0.29) is 12.4 Å². The molecule has 5 heteroatoms. The van der Waals surface area contributed by atoms with Crippen molar-refractivity contribution < 1.29 is 4.52 Å². The van der Waals surface area contributed by atoms with Crippen molar-refractivity contribution in [2.24, 2.45) is 0 Å². The molecule has 4 nitrogen and oxygen atoms in total. The van der Waals surface area contributed by atoms with Crippen LogP contribution in [0.15, 0.2) is 34.9 Å². The highest BCUT2D eigenvalue weighted by molar-refractivity contribution is 5.85. The fourth-order valence-electron chi connectivity index (χ4n) is 2.19. The van der Waals surface area contributed by atoms with Gasteiger partial charge in [0.1, 0.15) is 0 Å². The Morgan fingerprint density at radius 1 is 1.39 bits per heavy atom. The summed E-state index contributed by atoms with van der Waals surface area (Å²) in [6, 6.07) is 10.3. The van der Waals surface area contributed by atoms with Crippen LogP contribution in [-0.4, -0.2) is 18.2 Å². The topological polar surface area (TPSA) is 41.3 Å². The monoisotopic (exact) mass is 265 g/mol. The number of anilines is 2. The second-order valence-corrected chi connectivity index (χ2v) is 4.30. The third-order valence-electron chi connectivity index (χ3n) is 2.97. The van der Waals surface area contributed by atoms with Gasteiger partial charge in [0.15, 0.2) is 5.76 Å². The lowest BCUT2D eigenvalue weighted by atomic mass is 10.2. The van der Waals surface area contributed by atoms with Gasteiger partial charge < -0.3 is 14.7 Å². The van der Waals surface area contributed by atoms with Crippen LogP contribution in [0.5, 0.6) is 0 Å². The quantitative estimate of drug-likeness (QED) is 0.907. The minimum absolute atomic E-state index is 0. The Kier molecular flexibility index (Phi) is 3.77. The molecule has 1 aliphatic heterocycles. The van der Waals surface area contributed by atoms with E-state index in [1.807, 2.05) is 19.1 Å². The third kappa shape index (κ3) is 2.43. The molecule has 1 N–H and O–H groups in total. The van der Waals surface area contributed by atoms with Crippen LogP contribution in [0.3, 0.4) is 0 Å². The van der Waals surface area contributed by atoms with Crippen LogP contribution >= 0.6 is 12.4 Å². The number of nitrogens with one attached hydrogen (secondary N) is 1. The molecule has 0 saturated heterocycles. The van der Waals surface area contributed by atoms with E-state index in [0.29, 0.717) is 0 Å². The van der Waals surface area contributed by atoms with E-state index in [4.69, 9.17) is 4.52 Å². The Bertz CT molecular complexity index is 526. The fraction of sp³-hybridized carbons (Fsp3) is 0.308. The standard InChI is InChI=1S/C13H15N3O.ClH/c1-10-8-11(17-15-10)9-16-7-6-14-12-4-2-3-5-13(12)16;/h2-5,8,14H,6-7,9H2,1H3;1H. The molecule has 0 unspecified atom stereocenters. The Balaban J connectivity index is 0.00000120. The van der Waals surface area contributed by atoms with Crippen LogP contribution < -0.4 is 10.2 Å². The SMILES string of the molecule is Cc1cc(CN2CCNc3ccccc32)on1.Cl. The summed E-state index contributed by atoms with van der Waals surface area (Å²) in [6.07, 6.45) is 0. The molecule has 0 radical (unpaired) electrons. The number of para-hydroxylation sites is 2. The molecule has 18 heavy (non-hydrogen) atoms. The van der Waals surface area contributed by atoms with Crippen molar-refractivity contribution in [3.05, 3.63) is 41.8 Å². The molecular weight excluding hydrogens is 250 g/mol. The van der Waals surface area contributed by atoms with E-state index in [2.05, 4.69) is 33.6 Å². The minimum Gasteiger partial charge on any atom is -0.382 e. The van der Waals surface area contributed by atoms with Crippen LogP contribution in [0.1, 0.15) is 11.5 Å². The molecule has 0 spiro atoms. The Morgan fingerprint density at radius 3 is 3.00 bits per heavy atom. The predicted molar refractivity (Wildman–Crippen MR) is 74.5 cm³/mol. The first-order valence-electron chi connectivity index (χ1n) is 5.83. The van der Waals surface area contributed by atoms with Gasteiger partial charge in [0.2, 0.25) is 0 Å². The Labute approximate surface area is 112 Å². The van der Waals surface area contributed by atoms with E-state index < -0.39 is 0 Å².